The van der Waals surface area contributed by atoms with Crippen LogP contribution in [0.3, 0.4) is 0 Å². The van der Waals surface area contributed by atoms with Gasteiger partial charge in [-0.05, 0) is 6.07 Å². The summed E-state index contributed by atoms with van der Waals surface area (Å²) in [6.45, 7) is 1.64. The summed E-state index contributed by atoms with van der Waals surface area (Å²) >= 11 is 0. The van der Waals surface area contributed by atoms with Gasteiger partial charge in [-0.25, -0.2) is 4.68 Å². The van der Waals surface area contributed by atoms with Crippen molar-refractivity contribution in [3.63, 3.8) is 0 Å². The van der Waals surface area contributed by atoms with E-state index in [0.29, 0.717) is 4.90 Å². The first-order chi connectivity index (χ1) is 8.74. The molecule has 0 saturated heterocycles. The molecular formula is C11H12F3N3O2. The summed E-state index contributed by atoms with van der Waals surface area (Å²) in [5.74, 6) is -0.909. The highest BCUT2D eigenvalue weighted by Gasteiger charge is 2.33. The molecule has 1 heterocycles. The standard InChI is InChI=1S/C11H12F3N3O2/c1-3-6-17(7-11(12,13)14)10(19)8-4-5-9(18)16(2)15-8/h3-5H,1,6-7H2,2H3. The zero-order valence-corrected chi connectivity index (χ0v) is 10.1. The normalized spacial score (nSPS) is 11.2. The maximum absolute atomic E-state index is 12.3. The lowest BCUT2D eigenvalue weighted by Gasteiger charge is -2.22. The number of nitrogens with zero attached hydrogens (tertiary/aromatic N) is 3. The van der Waals surface area contributed by atoms with Crippen LogP contribution in [-0.2, 0) is 7.05 Å². The molecule has 5 nitrogen and oxygen atoms in total. The quantitative estimate of drug-likeness (QED) is 0.769. The minimum atomic E-state index is -4.51. The molecule has 19 heavy (non-hydrogen) atoms. The highest BCUT2D eigenvalue weighted by atomic mass is 19.4. The molecule has 0 saturated carbocycles. The number of aryl methyl sites for hydroxylation is 1. The van der Waals surface area contributed by atoms with Crippen LogP contribution in [0.25, 0.3) is 0 Å². The van der Waals surface area contributed by atoms with Gasteiger partial charge in [-0.3, -0.25) is 9.59 Å². The number of hydrogen-bond acceptors (Lipinski definition) is 3. The second-order valence-electron chi connectivity index (χ2n) is 3.77. The van der Waals surface area contributed by atoms with Gasteiger partial charge >= 0.3 is 6.18 Å². The first-order valence-corrected chi connectivity index (χ1v) is 5.26. The van der Waals surface area contributed by atoms with Crippen LogP contribution in [0, 0.1) is 0 Å². The zero-order chi connectivity index (χ0) is 14.6. The third-order valence-electron chi connectivity index (χ3n) is 2.19. The van der Waals surface area contributed by atoms with Crippen LogP contribution >= 0.6 is 0 Å². The van der Waals surface area contributed by atoms with Crippen molar-refractivity contribution in [3.05, 3.63) is 40.8 Å². The van der Waals surface area contributed by atoms with Gasteiger partial charge in [0.05, 0.1) is 0 Å². The SMILES string of the molecule is C=CCN(CC(F)(F)F)C(=O)c1ccc(=O)n(C)n1. The topological polar surface area (TPSA) is 55.2 Å². The van der Waals surface area contributed by atoms with Crippen molar-refractivity contribution in [2.45, 2.75) is 6.18 Å². The van der Waals surface area contributed by atoms with Crippen molar-refractivity contribution in [2.75, 3.05) is 13.1 Å². The molecule has 0 aliphatic carbocycles. The Morgan fingerprint density at radius 2 is 2.16 bits per heavy atom. The van der Waals surface area contributed by atoms with Crippen molar-refractivity contribution in [3.8, 4) is 0 Å². The van der Waals surface area contributed by atoms with Gasteiger partial charge in [0.2, 0.25) is 0 Å². The average Bonchev–Trinajstić information content (AvgIpc) is 2.29. The molecule has 0 unspecified atom stereocenters. The van der Waals surface area contributed by atoms with E-state index in [0.717, 1.165) is 16.8 Å². The molecule has 1 aromatic rings. The Morgan fingerprint density at radius 3 is 2.63 bits per heavy atom. The van der Waals surface area contributed by atoms with Crippen LogP contribution in [0.2, 0.25) is 0 Å². The maximum atomic E-state index is 12.3. The summed E-state index contributed by atoms with van der Waals surface area (Å²) in [7, 11) is 1.31. The molecule has 104 valence electrons. The maximum Gasteiger partial charge on any atom is 0.406 e. The Bertz CT molecular complexity index is 537. The highest BCUT2D eigenvalue weighted by Crippen LogP contribution is 2.17. The Morgan fingerprint density at radius 1 is 1.53 bits per heavy atom. The molecule has 0 fully saturated rings. The van der Waals surface area contributed by atoms with E-state index in [4.69, 9.17) is 0 Å². The lowest BCUT2D eigenvalue weighted by molar-refractivity contribution is -0.139. The number of amides is 1. The largest absolute Gasteiger partial charge is 0.406 e. The van der Waals surface area contributed by atoms with Crippen molar-refractivity contribution in [1.29, 1.82) is 0 Å². The van der Waals surface area contributed by atoms with E-state index in [1.807, 2.05) is 0 Å². The molecule has 8 heteroatoms. The van der Waals surface area contributed by atoms with Gasteiger partial charge in [0.25, 0.3) is 11.5 Å². The zero-order valence-electron chi connectivity index (χ0n) is 10.1. The van der Waals surface area contributed by atoms with E-state index < -0.39 is 24.2 Å². The van der Waals surface area contributed by atoms with Crippen LogP contribution in [0.1, 0.15) is 10.5 Å². The number of hydrogen-bond donors (Lipinski definition) is 0. The minimum Gasteiger partial charge on any atom is -0.324 e. The number of halogens is 3. The van der Waals surface area contributed by atoms with E-state index in [1.165, 1.54) is 13.1 Å². The molecule has 0 aliphatic heterocycles. The predicted molar refractivity (Wildman–Crippen MR) is 61.6 cm³/mol. The third kappa shape index (κ3) is 4.23. The molecule has 1 rings (SSSR count). The monoisotopic (exact) mass is 275 g/mol. The van der Waals surface area contributed by atoms with Crippen LogP contribution in [0.5, 0.6) is 0 Å². The number of rotatable bonds is 4. The van der Waals surface area contributed by atoms with Crippen LogP contribution in [0.4, 0.5) is 13.2 Å². The van der Waals surface area contributed by atoms with Crippen LogP contribution < -0.4 is 5.56 Å². The van der Waals surface area contributed by atoms with Gasteiger partial charge in [0.15, 0.2) is 0 Å². The van der Waals surface area contributed by atoms with Crippen molar-refractivity contribution >= 4 is 5.91 Å². The second kappa shape index (κ2) is 5.68. The number of carbonyl (C=O) groups excluding carboxylic acids is 1. The van der Waals surface area contributed by atoms with E-state index in [-0.39, 0.29) is 12.2 Å². The van der Waals surface area contributed by atoms with Crippen molar-refractivity contribution in [1.82, 2.24) is 14.7 Å². The van der Waals surface area contributed by atoms with Gasteiger partial charge in [-0.1, -0.05) is 6.08 Å². The minimum absolute atomic E-state index is 0.229. The summed E-state index contributed by atoms with van der Waals surface area (Å²) < 4.78 is 37.9. The molecule has 0 aliphatic rings. The lowest BCUT2D eigenvalue weighted by Crippen LogP contribution is -2.40. The van der Waals surface area contributed by atoms with Crippen LogP contribution in [0.15, 0.2) is 29.6 Å². The van der Waals surface area contributed by atoms with Gasteiger partial charge in [0, 0.05) is 19.7 Å². The van der Waals surface area contributed by atoms with Gasteiger partial charge in [-0.2, -0.15) is 18.3 Å². The summed E-state index contributed by atoms with van der Waals surface area (Å²) in [5, 5.41) is 3.62. The van der Waals surface area contributed by atoms with Crippen LogP contribution in [-0.4, -0.2) is 39.9 Å². The Kier molecular flexibility index (Phi) is 4.47. The molecule has 1 aromatic heterocycles. The molecule has 0 radical (unpaired) electrons. The Labute approximate surface area is 106 Å². The third-order valence-corrected chi connectivity index (χ3v) is 2.19. The fourth-order valence-corrected chi connectivity index (χ4v) is 1.37. The summed E-state index contributed by atoms with van der Waals surface area (Å²) in [4.78, 5) is 23.5. The first-order valence-electron chi connectivity index (χ1n) is 5.26. The van der Waals surface area contributed by atoms with Gasteiger partial charge in [0.1, 0.15) is 12.2 Å². The average molecular weight is 275 g/mol. The van der Waals surface area contributed by atoms with Crippen molar-refractivity contribution < 1.29 is 18.0 Å². The molecular weight excluding hydrogens is 263 g/mol. The predicted octanol–water partition coefficient (Wildman–Crippen LogP) is 0.971. The fraction of sp³-hybridized carbons (Fsp3) is 0.364. The molecule has 0 atom stereocenters. The fourth-order valence-electron chi connectivity index (χ4n) is 1.37. The first kappa shape index (κ1) is 14.9. The van der Waals surface area contributed by atoms with E-state index >= 15 is 0 Å². The molecule has 0 aromatic carbocycles. The van der Waals surface area contributed by atoms with Crippen molar-refractivity contribution in [2.24, 2.45) is 7.05 Å². The molecule has 1 amide bonds. The summed E-state index contributed by atoms with van der Waals surface area (Å²) in [6, 6.07) is 2.16. The Balaban J connectivity index is 3.01. The summed E-state index contributed by atoms with van der Waals surface area (Å²) in [5.41, 5.74) is -0.684. The lowest BCUT2D eigenvalue weighted by atomic mass is 10.3. The van der Waals surface area contributed by atoms with Gasteiger partial charge in [-0.15, -0.1) is 6.58 Å². The molecule has 0 N–H and O–H groups in total. The van der Waals surface area contributed by atoms with E-state index in [1.54, 1.807) is 0 Å². The Hall–Kier alpha value is -2.12. The second-order valence-corrected chi connectivity index (χ2v) is 3.77. The number of alkyl halides is 3. The van der Waals surface area contributed by atoms with E-state index in [9.17, 15) is 22.8 Å². The smallest absolute Gasteiger partial charge is 0.324 e. The molecule has 0 bridgehead atoms. The highest BCUT2D eigenvalue weighted by molar-refractivity contribution is 5.92. The number of aromatic nitrogens is 2. The summed E-state index contributed by atoms with van der Waals surface area (Å²) in [6.07, 6.45) is -3.33. The molecule has 0 spiro atoms. The van der Waals surface area contributed by atoms with Gasteiger partial charge < -0.3 is 4.90 Å². The van der Waals surface area contributed by atoms with E-state index in [2.05, 4.69) is 11.7 Å². The number of carbonyl (C=O) groups is 1.